The van der Waals surface area contributed by atoms with Crippen molar-refractivity contribution in [2.75, 3.05) is 26.2 Å². The van der Waals surface area contributed by atoms with Gasteiger partial charge in [0.1, 0.15) is 12.4 Å². The average Bonchev–Trinajstić information content (AvgIpc) is 2.45. The van der Waals surface area contributed by atoms with Crippen LogP contribution < -0.4 is 10.5 Å². The summed E-state index contributed by atoms with van der Waals surface area (Å²) in [7, 11) is 0. The van der Waals surface area contributed by atoms with Gasteiger partial charge in [-0.25, -0.2) is 0 Å². The third kappa shape index (κ3) is 5.97. The molecule has 2 N–H and O–H groups in total. The molecule has 1 unspecified atom stereocenters. The fraction of sp³-hybridized carbons (Fsp3) is 0.647. The summed E-state index contributed by atoms with van der Waals surface area (Å²) in [6.45, 7) is 12.4. The molecule has 0 fully saturated rings. The molecule has 0 aliphatic rings. The van der Waals surface area contributed by atoms with Gasteiger partial charge in [-0.2, -0.15) is 0 Å². The molecule has 0 bridgehead atoms. The van der Waals surface area contributed by atoms with Crippen LogP contribution in [0.5, 0.6) is 5.75 Å². The molecule has 3 nitrogen and oxygen atoms in total. The van der Waals surface area contributed by atoms with Gasteiger partial charge in [0, 0.05) is 17.1 Å². The Morgan fingerprint density at radius 3 is 2.48 bits per heavy atom. The van der Waals surface area contributed by atoms with Gasteiger partial charge in [-0.15, -0.1) is 0 Å². The SMILES string of the molecule is CCC(N)Cc1cc(Br)cc(C)c1OCCN(CC)CC. The fourth-order valence-electron chi connectivity index (χ4n) is 2.40. The van der Waals surface area contributed by atoms with Crippen LogP contribution in [0.2, 0.25) is 0 Å². The topological polar surface area (TPSA) is 38.5 Å². The number of likely N-dealkylation sites (N-methyl/N-ethyl adjacent to an activating group) is 1. The van der Waals surface area contributed by atoms with Gasteiger partial charge in [0.2, 0.25) is 0 Å². The highest BCUT2D eigenvalue weighted by molar-refractivity contribution is 9.10. The van der Waals surface area contributed by atoms with Crippen molar-refractivity contribution in [1.82, 2.24) is 4.90 Å². The summed E-state index contributed by atoms with van der Waals surface area (Å²) in [6.07, 6.45) is 1.84. The molecule has 0 saturated heterocycles. The molecular weight excluding hydrogens is 328 g/mol. The first-order valence-corrected chi connectivity index (χ1v) is 8.70. The minimum Gasteiger partial charge on any atom is -0.492 e. The Hall–Kier alpha value is -0.580. The van der Waals surface area contributed by atoms with Crippen molar-refractivity contribution < 1.29 is 4.74 Å². The number of ether oxygens (including phenoxy) is 1. The molecule has 1 aromatic rings. The van der Waals surface area contributed by atoms with Crippen molar-refractivity contribution in [3.8, 4) is 5.75 Å². The maximum Gasteiger partial charge on any atom is 0.125 e. The van der Waals surface area contributed by atoms with Gasteiger partial charge < -0.3 is 15.4 Å². The highest BCUT2D eigenvalue weighted by Crippen LogP contribution is 2.29. The Bertz CT molecular complexity index is 433. The molecule has 0 heterocycles. The van der Waals surface area contributed by atoms with Crippen LogP contribution in [0.15, 0.2) is 16.6 Å². The second kappa shape index (κ2) is 9.44. The Balaban J connectivity index is 2.79. The van der Waals surface area contributed by atoms with Crippen molar-refractivity contribution in [3.05, 3.63) is 27.7 Å². The normalized spacial score (nSPS) is 12.7. The Morgan fingerprint density at radius 1 is 1.24 bits per heavy atom. The first kappa shape index (κ1) is 18.5. The quantitative estimate of drug-likeness (QED) is 0.731. The smallest absolute Gasteiger partial charge is 0.125 e. The monoisotopic (exact) mass is 356 g/mol. The maximum absolute atomic E-state index is 6.11. The zero-order valence-electron chi connectivity index (χ0n) is 13.8. The van der Waals surface area contributed by atoms with E-state index >= 15 is 0 Å². The van der Waals surface area contributed by atoms with E-state index in [1.807, 2.05) is 0 Å². The first-order chi connectivity index (χ1) is 10.0. The molecule has 1 aromatic carbocycles. The van der Waals surface area contributed by atoms with Gasteiger partial charge in [-0.3, -0.25) is 0 Å². The van der Waals surface area contributed by atoms with Gasteiger partial charge in [0.05, 0.1) is 0 Å². The Kier molecular flexibility index (Phi) is 8.30. The second-order valence-electron chi connectivity index (χ2n) is 5.46. The predicted molar refractivity (Wildman–Crippen MR) is 94.1 cm³/mol. The van der Waals surface area contributed by atoms with E-state index < -0.39 is 0 Å². The molecule has 4 heteroatoms. The van der Waals surface area contributed by atoms with Crippen molar-refractivity contribution in [3.63, 3.8) is 0 Å². The second-order valence-corrected chi connectivity index (χ2v) is 6.37. The Labute approximate surface area is 138 Å². The number of nitrogens with two attached hydrogens (primary N) is 1. The van der Waals surface area contributed by atoms with Gasteiger partial charge in [0.15, 0.2) is 0 Å². The number of hydrogen-bond donors (Lipinski definition) is 1. The van der Waals surface area contributed by atoms with Gasteiger partial charge >= 0.3 is 0 Å². The predicted octanol–water partition coefficient (Wildman–Crippen LogP) is 3.76. The van der Waals surface area contributed by atoms with Crippen LogP contribution in [0.1, 0.15) is 38.3 Å². The van der Waals surface area contributed by atoms with E-state index in [4.69, 9.17) is 10.5 Å². The minimum absolute atomic E-state index is 0.184. The summed E-state index contributed by atoms with van der Waals surface area (Å²) < 4.78 is 7.18. The van der Waals surface area contributed by atoms with Crippen molar-refractivity contribution >= 4 is 15.9 Å². The molecule has 0 aliphatic heterocycles. The Morgan fingerprint density at radius 2 is 1.90 bits per heavy atom. The maximum atomic E-state index is 6.11. The number of aryl methyl sites for hydroxylation is 1. The van der Waals surface area contributed by atoms with E-state index in [0.717, 1.165) is 49.3 Å². The van der Waals surface area contributed by atoms with E-state index in [1.165, 1.54) is 11.1 Å². The molecule has 0 aliphatic carbocycles. The summed E-state index contributed by atoms with van der Waals surface area (Å²) >= 11 is 3.57. The van der Waals surface area contributed by atoms with Crippen LogP contribution in [-0.4, -0.2) is 37.2 Å². The van der Waals surface area contributed by atoms with Gasteiger partial charge in [-0.05, 0) is 56.1 Å². The lowest BCUT2D eigenvalue weighted by molar-refractivity contribution is 0.220. The summed E-state index contributed by atoms with van der Waals surface area (Å²) in [5.74, 6) is 1.01. The van der Waals surface area contributed by atoms with Crippen LogP contribution in [0, 0.1) is 6.92 Å². The zero-order chi connectivity index (χ0) is 15.8. The molecule has 0 saturated carbocycles. The van der Waals surface area contributed by atoms with E-state index in [1.54, 1.807) is 0 Å². The van der Waals surface area contributed by atoms with Crippen molar-refractivity contribution in [2.45, 2.75) is 46.6 Å². The van der Waals surface area contributed by atoms with Crippen LogP contribution in [0.3, 0.4) is 0 Å². The van der Waals surface area contributed by atoms with Crippen LogP contribution in [0.25, 0.3) is 0 Å². The molecule has 0 aromatic heterocycles. The fourth-order valence-corrected chi connectivity index (χ4v) is 3.02. The molecule has 0 spiro atoms. The summed E-state index contributed by atoms with van der Waals surface area (Å²) in [5.41, 5.74) is 8.49. The third-order valence-electron chi connectivity index (χ3n) is 3.87. The van der Waals surface area contributed by atoms with Crippen molar-refractivity contribution in [1.29, 1.82) is 0 Å². The lowest BCUT2D eigenvalue weighted by Crippen LogP contribution is -2.28. The lowest BCUT2D eigenvalue weighted by Gasteiger charge is -2.21. The number of halogens is 1. The zero-order valence-corrected chi connectivity index (χ0v) is 15.4. The van der Waals surface area contributed by atoms with Gasteiger partial charge in [-0.1, -0.05) is 36.7 Å². The number of nitrogens with zero attached hydrogens (tertiary/aromatic N) is 1. The van der Waals surface area contributed by atoms with E-state index in [2.05, 4.69) is 60.7 Å². The number of benzene rings is 1. The van der Waals surface area contributed by atoms with E-state index in [0.29, 0.717) is 0 Å². The highest BCUT2D eigenvalue weighted by atomic mass is 79.9. The summed E-state index contributed by atoms with van der Waals surface area (Å²) in [6, 6.07) is 4.42. The number of hydrogen-bond acceptors (Lipinski definition) is 3. The molecule has 0 amide bonds. The third-order valence-corrected chi connectivity index (χ3v) is 4.33. The standard InChI is InChI=1S/C17H29BrN2O/c1-5-16(19)12-14-11-15(18)10-13(4)17(14)21-9-8-20(6-2)7-3/h10-11,16H,5-9,12,19H2,1-4H3. The molecule has 1 rings (SSSR count). The van der Waals surface area contributed by atoms with Crippen LogP contribution >= 0.6 is 15.9 Å². The highest BCUT2D eigenvalue weighted by Gasteiger charge is 2.12. The molecule has 120 valence electrons. The largest absolute Gasteiger partial charge is 0.492 e. The first-order valence-electron chi connectivity index (χ1n) is 7.91. The summed E-state index contributed by atoms with van der Waals surface area (Å²) in [5, 5.41) is 0. The lowest BCUT2D eigenvalue weighted by atomic mass is 10.0. The van der Waals surface area contributed by atoms with Crippen molar-refractivity contribution in [2.24, 2.45) is 5.73 Å². The molecule has 21 heavy (non-hydrogen) atoms. The van der Waals surface area contributed by atoms with Gasteiger partial charge in [0.25, 0.3) is 0 Å². The summed E-state index contributed by atoms with van der Waals surface area (Å²) in [4.78, 5) is 2.37. The molecule has 0 radical (unpaired) electrons. The van der Waals surface area contributed by atoms with E-state index in [-0.39, 0.29) is 6.04 Å². The minimum atomic E-state index is 0.184. The average molecular weight is 357 g/mol. The van der Waals surface area contributed by atoms with E-state index in [9.17, 15) is 0 Å². The molecule has 1 atom stereocenters. The van der Waals surface area contributed by atoms with Crippen LogP contribution in [-0.2, 0) is 6.42 Å². The molecular formula is C17H29BrN2O. The van der Waals surface area contributed by atoms with Crippen LogP contribution in [0.4, 0.5) is 0 Å². The number of rotatable bonds is 9.